The summed E-state index contributed by atoms with van der Waals surface area (Å²) in [5, 5.41) is 3.77. The van der Waals surface area contributed by atoms with Gasteiger partial charge in [0, 0.05) is 18.1 Å². The summed E-state index contributed by atoms with van der Waals surface area (Å²) in [5.41, 5.74) is 0.385. The fourth-order valence-electron chi connectivity index (χ4n) is 4.47. The third-order valence-electron chi connectivity index (χ3n) is 5.74. The Bertz CT molecular complexity index is 285. The molecular formula is C17H33N3. The molecular weight excluding hydrogens is 246 g/mol. The fraction of sp³-hybridized carbons (Fsp3) is 1.00. The van der Waals surface area contributed by atoms with Gasteiger partial charge in [-0.3, -0.25) is 0 Å². The molecule has 0 spiro atoms. The van der Waals surface area contributed by atoms with Gasteiger partial charge in [0.2, 0.25) is 0 Å². The molecule has 0 amide bonds. The largest absolute Gasteiger partial charge is 0.310 e. The number of rotatable bonds is 3. The van der Waals surface area contributed by atoms with Gasteiger partial charge in [0.1, 0.15) is 0 Å². The van der Waals surface area contributed by atoms with E-state index in [4.69, 9.17) is 0 Å². The summed E-state index contributed by atoms with van der Waals surface area (Å²) in [6.45, 7) is 10.3. The molecule has 1 N–H and O–H groups in total. The molecule has 3 heterocycles. The van der Waals surface area contributed by atoms with Crippen LogP contribution >= 0.6 is 0 Å². The zero-order valence-electron chi connectivity index (χ0n) is 13.4. The van der Waals surface area contributed by atoms with Crippen LogP contribution in [0.3, 0.4) is 0 Å². The molecule has 0 saturated carbocycles. The van der Waals surface area contributed by atoms with Crippen LogP contribution in [0, 0.1) is 0 Å². The predicted octanol–water partition coefficient (Wildman–Crippen LogP) is 2.47. The molecule has 116 valence electrons. The van der Waals surface area contributed by atoms with E-state index in [2.05, 4.69) is 22.0 Å². The second-order valence-electron chi connectivity index (χ2n) is 7.55. The quantitative estimate of drug-likeness (QED) is 0.856. The molecule has 3 aliphatic rings. The van der Waals surface area contributed by atoms with Crippen molar-refractivity contribution in [1.82, 2.24) is 15.1 Å². The highest BCUT2D eigenvalue weighted by Gasteiger charge is 2.31. The maximum atomic E-state index is 3.77. The van der Waals surface area contributed by atoms with Gasteiger partial charge in [-0.15, -0.1) is 0 Å². The van der Waals surface area contributed by atoms with Gasteiger partial charge in [-0.05, 0) is 78.2 Å². The smallest absolute Gasteiger partial charge is 0.0280 e. The van der Waals surface area contributed by atoms with E-state index in [1.165, 1.54) is 90.6 Å². The molecule has 0 aromatic carbocycles. The number of piperidine rings is 3. The number of hydrogen-bond acceptors (Lipinski definition) is 3. The minimum Gasteiger partial charge on any atom is -0.310 e. The first-order valence-corrected chi connectivity index (χ1v) is 8.97. The standard InChI is InChI=1S/C17H33N3/c1-17(9-3-4-10-18-17)15-19-13-7-16(8-14-19)20-11-5-2-6-12-20/h16,18H,2-15H2,1H3. The van der Waals surface area contributed by atoms with E-state index < -0.39 is 0 Å². The highest BCUT2D eigenvalue weighted by Crippen LogP contribution is 2.24. The van der Waals surface area contributed by atoms with Gasteiger partial charge in [-0.25, -0.2) is 0 Å². The molecule has 3 fully saturated rings. The molecule has 1 atom stereocenters. The van der Waals surface area contributed by atoms with E-state index in [9.17, 15) is 0 Å². The van der Waals surface area contributed by atoms with Crippen LogP contribution in [-0.2, 0) is 0 Å². The van der Waals surface area contributed by atoms with Crippen molar-refractivity contribution >= 4 is 0 Å². The van der Waals surface area contributed by atoms with Gasteiger partial charge in [-0.1, -0.05) is 12.8 Å². The third-order valence-corrected chi connectivity index (χ3v) is 5.74. The van der Waals surface area contributed by atoms with Gasteiger partial charge >= 0.3 is 0 Å². The Hall–Kier alpha value is -0.120. The minimum atomic E-state index is 0.385. The fourth-order valence-corrected chi connectivity index (χ4v) is 4.47. The lowest BCUT2D eigenvalue weighted by Crippen LogP contribution is -2.56. The molecule has 0 aromatic heterocycles. The number of likely N-dealkylation sites (tertiary alicyclic amines) is 2. The number of hydrogen-bond donors (Lipinski definition) is 1. The van der Waals surface area contributed by atoms with Crippen molar-refractivity contribution in [2.45, 2.75) is 69.9 Å². The topological polar surface area (TPSA) is 18.5 Å². The van der Waals surface area contributed by atoms with Crippen molar-refractivity contribution in [2.24, 2.45) is 0 Å². The summed E-state index contributed by atoms with van der Waals surface area (Å²) >= 11 is 0. The summed E-state index contributed by atoms with van der Waals surface area (Å²) < 4.78 is 0. The molecule has 20 heavy (non-hydrogen) atoms. The molecule has 3 rings (SSSR count). The Balaban J connectivity index is 1.43. The van der Waals surface area contributed by atoms with Crippen LogP contribution in [0.1, 0.15) is 58.3 Å². The second-order valence-corrected chi connectivity index (χ2v) is 7.55. The number of nitrogens with one attached hydrogen (secondary N) is 1. The second kappa shape index (κ2) is 6.76. The van der Waals surface area contributed by atoms with Crippen molar-refractivity contribution in [3.8, 4) is 0 Å². The maximum Gasteiger partial charge on any atom is 0.0280 e. The van der Waals surface area contributed by atoms with Crippen molar-refractivity contribution in [3.05, 3.63) is 0 Å². The van der Waals surface area contributed by atoms with Gasteiger partial charge < -0.3 is 15.1 Å². The van der Waals surface area contributed by atoms with Crippen LogP contribution in [0.2, 0.25) is 0 Å². The molecule has 3 aliphatic heterocycles. The predicted molar refractivity (Wildman–Crippen MR) is 85.1 cm³/mol. The molecule has 3 heteroatoms. The minimum absolute atomic E-state index is 0.385. The monoisotopic (exact) mass is 279 g/mol. The average molecular weight is 279 g/mol. The SMILES string of the molecule is CC1(CN2CCC(N3CCCCC3)CC2)CCCCN1. The van der Waals surface area contributed by atoms with E-state index in [-0.39, 0.29) is 0 Å². The molecule has 0 aliphatic carbocycles. The zero-order valence-corrected chi connectivity index (χ0v) is 13.4. The lowest BCUT2D eigenvalue weighted by molar-refractivity contribution is 0.0739. The molecule has 3 saturated heterocycles. The van der Waals surface area contributed by atoms with E-state index in [1.54, 1.807) is 0 Å². The van der Waals surface area contributed by atoms with Gasteiger partial charge in [-0.2, -0.15) is 0 Å². The van der Waals surface area contributed by atoms with Crippen molar-refractivity contribution in [3.63, 3.8) is 0 Å². The summed E-state index contributed by atoms with van der Waals surface area (Å²) in [4.78, 5) is 5.50. The van der Waals surface area contributed by atoms with Crippen LogP contribution in [0.25, 0.3) is 0 Å². The molecule has 0 radical (unpaired) electrons. The van der Waals surface area contributed by atoms with Crippen LogP contribution in [-0.4, -0.2) is 60.6 Å². The highest BCUT2D eigenvalue weighted by molar-refractivity contribution is 4.91. The normalized spacial score (nSPS) is 35.2. The van der Waals surface area contributed by atoms with Crippen LogP contribution in [0.4, 0.5) is 0 Å². The summed E-state index contributed by atoms with van der Waals surface area (Å²) in [7, 11) is 0. The van der Waals surface area contributed by atoms with Crippen LogP contribution in [0.15, 0.2) is 0 Å². The summed E-state index contributed by atoms with van der Waals surface area (Å²) in [5.74, 6) is 0. The van der Waals surface area contributed by atoms with Gasteiger partial charge in [0.15, 0.2) is 0 Å². The first kappa shape index (κ1) is 14.8. The Morgan fingerprint density at radius 3 is 2.35 bits per heavy atom. The lowest BCUT2D eigenvalue weighted by atomic mass is 9.89. The third kappa shape index (κ3) is 3.75. The first-order valence-electron chi connectivity index (χ1n) is 8.97. The van der Waals surface area contributed by atoms with E-state index in [0.717, 1.165) is 6.04 Å². The van der Waals surface area contributed by atoms with Crippen molar-refractivity contribution < 1.29 is 0 Å². The zero-order chi connectivity index (χ0) is 13.8. The molecule has 3 nitrogen and oxygen atoms in total. The van der Waals surface area contributed by atoms with Crippen molar-refractivity contribution in [2.75, 3.05) is 39.3 Å². The maximum absolute atomic E-state index is 3.77. The molecule has 0 bridgehead atoms. The van der Waals surface area contributed by atoms with E-state index >= 15 is 0 Å². The van der Waals surface area contributed by atoms with Gasteiger partial charge in [0.05, 0.1) is 0 Å². The van der Waals surface area contributed by atoms with Crippen LogP contribution in [0.5, 0.6) is 0 Å². The Labute approximate surface area is 125 Å². The summed E-state index contributed by atoms with van der Waals surface area (Å²) in [6, 6.07) is 0.888. The average Bonchev–Trinajstić information content (AvgIpc) is 2.49. The molecule has 0 aromatic rings. The Morgan fingerprint density at radius 2 is 1.70 bits per heavy atom. The Kier molecular flexibility index (Phi) is 5.00. The van der Waals surface area contributed by atoms with Crippen molar-refractivity contribution in [1.29, 1.82) is 0 Å². The molecule has 1 unspecified atom stereocenters. The lowest BCUT2D eigenvalue weighted by Gasteiger charge is -2.44. The van der Waals surface area contributed by atoms with Gasteiger partial charge in [0.25, 0.3) is 0 Å². The van der Waals surface area contributed by atoms with E-state index in [1.807, 2.05) is 0 Å². The first-order chi connectivity index (χ1) is 9.75. The van der Waals surface area contributed by atoms with E-state index in [0.29, 0.717) is 5.54 Å². The number of nitrogens with zero attached hydrogens (tertiary/aromatic N) is 2. The summed E-state index contributed by atoms with van der Waals surface area (Å²) in [6.07, 6.45) is 11.3. The Morgan fingerprint density at radius 1 is 0.950 bits per heavy atom. The highest BCUT2D eigenvalue weighted by atomic mass is 15.2. The van der Waals surface area contributed by atoms with Crippen LogP contribution < -0.4 is 5.32 Å².